The van der Waals surface area contributed by atoms with E-state index in [9.17, 15) is 9.59 Å². The van der Waals surface area contributed by atoms with Crippen LogP contribution in [0, 0.1) is 0 Å². The predicted octanol–water partition coefficient (Wildman–Crippen LogP) is 0.671. The van der Waals surface area contributed by atoms with Crippen molar-refractivity contribution < 1.29 is 14.3 Å². The first-order valence-corrected chi connectivity index (χ1v) is 3.46. The van der Waals surface area contributed by atoms with Gasteiger partial charge in [0.2, 0.25) is 0 Å². The molecule has 0 aromatic carbocycles. The van der Waals surface area contributed by atoms with E-state index >= 15 is 0 Å². The Morgan fingerprint density at radius 2 is 2.30 bits per heavy atom. The van der Waals surface area contributed by atoms with Gasteiger partial charge < -0.3 is 9.53 Å². The Kier molecular flexibility index (Phi) is 2.42. The number of aldehydes is 1. The lowest BCUT2D eigenvalue weighted by Gasteiger charge is -2.24. The van der Waals surface area contributed by atoms with E-state index in [-0.39, 0.29) is 18.5 Å². The first kappa shape index (κ1) is 7.25. The second-order valence-corrected chi connectivity index (χ2v) is 2.41. The van der Waals surface area contributed by atoms with Crippen LogP contribution in [0.1, 0.15) is 25.7 Å². The van der Waals surface area contributed by atoms with Crippen LogP contribution in [0.15, 0.2) is 0 Å². The van der Waals surface area contributed by atoms with Crippen molar-refractivity contribution in [2.45, 2.75) is 31.8 Å². The Bertz CT molecular complexity index is 138. The highest BCUT2D eigenvalue weighted by molar-refractivity contribution is 5.83. The largest absolute Gasteiger partial charge is 0.462 e. The monoisotopic (exact) mass is 142 g/mol. The van der Waals surface area contributed by atoms with E-state index in [0.29, 0.717) is 6.29 Å². The van der Waals surface area contributed by atoms with Crippen LogP contribution in [0.4, 0.5) is 0 Å². The molecule has 0 aromatic heterocycles. The van der Waals surface area contributed by atoms with Crippen molar-refractivity contribution in [3.8, 4) is 0 Å². The van der Waals surface area contributed by atoms with Gasteiger partial charge in [-0.2, -0.15) is 0 Å². The van der Waals surface area contributed by atoms with Crippen LogP contribution >= 0.6 is 0 Å². The standard InChI is InChI=1S/C7H10O3/c8-5-4-7(9)10-6-2-1-3-6/h5-6H,1-4H2. The van der Waals surface area contributed by atoms with E-state index in [1.807, 2.05) is 0 Å². The summed E-state index contributed by atoms with van der Waals surface area (Å²) in [6.45, 7) is 0. The van der Waals surface area contributed by atoms with Gasteiger partial charge in [-0.25, -0.2) is 0 Å². The molecule has 56 valence electrons. The van der Waals surface area contributed by atoms with E-state index in [2.05, 4.69) is 0 Å². The third-order valence-corrected chi connectivity index (χ3v) is 1.60. The molecule has 3 heteroatoms. The first-order valence-electron chi connectivity index (χ1n) is 3.46. The molecule has 0 bridgehead atoms. The van der Waals surface area contributed by atoms with Crippen LogP contribution < -0.4 is 0 Å². The first-order chi connectivity index (χ1) is 4.83. The molecule has 0 N–H and O–H groups in total. The minimum Gasteiger partial charge on any atom is -0.462 e. The highest BCUT2D eigenvalue weighted by Crippen LogP contribution is 2.21. The van der Waals surface area contributed by atoms with Gasteiger partial charge in [-0.3, -0.25) is 4.79 Å². The molecule has 0 amide bonds. The van der Waals surface area contributed by atoms with E-state index in [4.69, 9.17) is 4.74 Å². The molecule has 0 atom stereocenters. The van der Waals surface area contributed by atoms with Crippen molar-refractivity contribution >= 4 is 12.3 Å². The lowest BCUT2D eigenvalue weighted by molar-refractivity contribution is -0.153. The lowest BCUT2D eigenvalue weighted by atomic mass is 9.96. The molecule has 3 nitrogen and oxygen atoms in total. The van der Waals surface area contributed by atoms with Crippen LogP contribution in [0.2, 0.25) is 0 Å². The molecule has 10 heavy (non-hydrogen) atoms. The SMILES string of the molecule is O=CCC(=O)OC1CCC1. The lowest BCUT2D eigenvalue weighted by Crippen LogP contribution is -2.24. The minimum atomic E-state index is -0.389. The number of rotatable bonds is 3. The van der Waals surface area contributed by atoms with Crippen molar-refractivity contribution in [2.24, 2.45) is 0 Å². The van der Waals surface area contributed by atoms with Crippen LogP contribution in [0.5, 0.6) is 0 Å². The molecule has 0 aliphatic heterocycles. The van der Waals surface area contributed by atoms with E-state index in [0.717, 1.165) is 19.3 Å². The van der Waals surface area contributed by atoms with Crippen LogP contribution in [-0.4, -0.2) is 18.4 Å². The number of carbonyl (C=O) groups excluding carboxylic acids is 2. The van der Waals surface area contributed by atoms with E-state index in [1.54, 1.807) is 0 Å². The third-order valence-electron chi connectivity index (χ3n) is 1.60. The van der Waals surface area contributed by atoms with E-state index < -0.39 is 0 Å². The summed E-state index contributed by atoms with van der Waals surface area (Å²) in [5.74, 6) is -0.389. The molecular weight excluding hydrogens is 132 g/mol. The van der Waals surface area contributed by atoms with Gasteiger partial charge in [0.05, 0.1) is 0 Å². The predicted molar refractivity (Wildman–Crippen MR) is 34.4 cm³/mol. The summed E-state index contributed by atoms with van der Waals surface area (Å²) < 4.78 is 4.86. The van der Waals surface area contributed by atoms with Crippen LogP contribution in [0.25, 0.3) is 0 Å². The molecule has 1 fully saturated rings. The molecule has 1 aliphatic rings. The van der Waals surface area contributed by atoms with Crippen molar-refractivity contribution in [2.75, 3.05) is 0 Å². The Morgan fingerprint density at radius 1 is 1.60 bits per heavy atom. The summed E-state index contributed by atoms with van der Waals surface area (Å²) in [7, 11) is 0. The molecule has 0 saturated heterocycles. The second kappa shape index (κ2) is 3.34. The maximum atomic E-state index is 10.6. The maximum absolute atomic E-state index is 10.6. The van der Waals surface area contributed by atoms with Gasteiger partial charge in [0.25, 0.3) is 0 Å². The Morgan fingerprint density at radius 3 is 2.70 bits per heavy atom. The summed E-state index contributed by atoms with van der Waals surface area (Å²) in [5, 5.41) is 0. The highest BCUT2D eigenvalue weighted by Gasteiger charge is 2.20. The van der Waals surface area contributed by atoms with Crippen molar-refractivity contribution in [3.63, 3.8) is 0 Å². The summed E-state index contributed by atoms with van der Waals surface area (Å²) in [6.07, 6.45) is 3.64. The summed E-state index contributed by atoms with van der Waals surface area (Å²) >= 11 is 0. The fourth-order valence-corrected chi connectivity index (χ4v) is 0.791. The zero-order valence-corrected chi connectivity index (χ0v) is 5.71. The number of hydrogen-bond acceptors (Lipinski definition) is 3. The number of esters is 1. The van der Waals surface area contributed by atoms with E-state index in [1.165, 1.54) is 0 Å². The van der Waals surface area contributed by atoms with Gasteiger partial charge in [-0.05, 0) is 19.3 Å². The molecule has 0 unspecified atom stereocenters. The fraction of sp³-hybridized carbons (Fsp3) is 0.714. The van der Waals surface area contributed by atoms with Crippen molar-refractivity contribution in [3.05, 3.63) is 0 Å². The minimum absolute atomic E-state index is 0.101. The topological polar surface area (TPSA) is 43.4 Å². The normalized spacial score (nSPS) is 17.6. The van der Waals surface area contributed by atoms with Gasteiger partial charge in [-0.15, -0.1) is 0 Å². The van der Waals surface area contributed by atoms with Crippen LogP contribution in [0.3, 0.4) is 0 Å². The molecule has 0 heterocycles. The molecule has 1 aliphatic carbocycles. The quantitative estimate of drug-likeness (QED) is 0.330. The van der Waals surface area contributed by atoms with Gasteiger partial charge in [0.15, 0.2) is 0 Å². The van der Waals surface area contributed by atoms with Gasteiger partial charge in [0, 0.05) is 0 Å². The van der Waals surface area contributed by atoms with Crippen molar-refractivity contribution in [1.29, 1.82) is 0 Å². The molecule has 0 radical (unpaired) electrons. The Balaban J connectivity index is 2.10. The molecule has 1 rings (SSSR count). The second-order valence-electron chi connectivity index (χ2n) is 2.41. The summed E-state index contributed by atoms with van der Waals surface area (Å²) in [4.78, 5) is 20.4. The molecular formula is C7H10O3. The maximum Gasteiger partial charge on any atom is 0.313 e. The number of hydrogen-bond donors (Lipinski definition) is 0. The zero-order chi connectivity index (χ0) is 7.40. The fourth-order valence-electron chi connectivity index (χ4n) is 0.791. The van der Waals surface area contributed by atoms with Gasteiger partial charge >= 0.3 is 5.97 Å². The number of carbonyl (C=O) groups is 2. The third kappa shape index (κ3) is 1.83. The zero-order valence-electron chi connectivity index (χ0n) is 5.71. The van der Waals surface area contributed by atoms with Crippen LogP contribution in [-0.2, 0) is 14.3 Å². The highest BCUT2D eigenvalue weighted by atomic mass is 16.5. The average Bonchev–Trinajstić information content (AvgIpc) is 1.80. The summed E-state index contributed by atoms with van der Waals surface area (Å²) in [5.41, 5.74) is 0. The Hall–Kier alpha value is -0.860. The number of ether oxygens (including phenoxy) is 1. The Labute approximate surface area is 59.4 Å². The smallest absolute Gasteiger partial charge is 0.313 e. The van der Waals surface area contributed by atoms with Gasteiger partial charge in [-0.1, -0.05) is 0 Å². The van der Waals surface area contributed by atoms with Crippen molar-refractivity contribution in [1.82, 2.24) is 0 Å². The summed E-state index contributed by atoms with van der Waals surface area (Å²) in [6, 6.07) is 0. The molecule has 0 spiro atoms. The van der Waals surface area contributed by atoms with Gasteiger partial charge in [0.1, 0.15) is 18.8 Å². The molecule has 1 saturated carbocycles. The average molecular weight is 142 g/mol. The molecule has 0 aromatic rings.